The number of rotatable bonds is 7. The molecule has 0 aliphatic heterocycles. The Bertz CT molecular complexity index is 279. The molecule has 1 N–H and O–H groups in total. The zero-order chi connectivity index (χ0) is 10.9. The quantitative estimate of drug-likeness (QED) is 0.695. The van der Waals surface area contributed by atoms with Gasteiger partial charge in [-0.25, -0.2) is 4.98 Å². The van der Waals surface area contributed by atoms with Crippen LogP contribution in [0.5, 0.6) is 0 Å². The molecular weight excluding hydrogens is 192 g/mol. The van der Waals surface area contributed by atoms with Gasteiger partial charge >= 0.3 is 0 Å². The van der Waals surface area contributed by atoms with Crippen LogP contribution in [0, 0.1) is 0 Å². The van der Waals surface area contributed by atoms with Crippen molar-refractivity contribution in [1.82, 2.24) is 4.98 Å². The summed E-state index contributed by atoms with van der Waals surface area (Å²) in [6, 6.07) is 5.82. The highest BCUT2D eigenvalue weighted by atomic mass is 16.5. The van der Waals surface area contributed by atoms with E-state index in [4.69, 9.17) is 9.47 Å². The van der Waals surface area contributed by atoms with E-state index in [9.17, 15) is 0 Å². The molecule has 0 bridgehead atoms. The Morgan fingerprint density at radius 2 is 2.07 bits per heavy atom. The van der Waals surface area contributed by atoms with Crippen molar-refractivity contribution in [2.24, 2.45) is 0 Å². The minimum atomic E-state index is 0.530. The standard InChI is InChI=1S/C11H18N2O2/c1-3-14-7-8-15-9-10-5-4-6-11(12-2)13-10/h4-6H,3,7-9H2,1-2H3,(H,12,13). The Labute approximate surface area is 90.6 Å². The first-order valence-corrected chi connectivity index (χ1v) is 5.16. The normalized spacial score (nSPS) is 10.3. The van der Waals surface area contributed by atoms with E-state index >= 15 is 0 Å². The van der Waals surface area contributed by atoms with Gasteiger partial charge in [-0.1, -0.05) is 6.07 Å². The van der Waals surface area contributed by atoms with Gasteiger partial charge in [0, 0.05) is 13.7 Å². The van der Waals surface area contributed by atoms with Crippen LogP contribution in [0.1, 0.15) is 12.6 Å². The number of hydrogen-bond donors (Lipinski definition) is 1. The summed E-state index contributed by atoms with van der Waals surface area (Å²) < 4.78 is 10.6. The van der Waals surface area contributed by atoms with Gasteiger partial charge in [-0.05, 0) is 19.1 Å². The molecule has 0 amide bonds. The van der Waals surface area contributed by atoms with Crippen molar-refractivity contribution in [3.05, 3.63) is 23.9 Å². The Hall–Kier alpha value is -1.13. The summed E-state index contributed by atoms with van der Waals surface area (Å²) in [6.07, 6.45) is 0. The van der Waals surface area contributed by atoms with Gasteiger partial charge in [0.1, 0.15) is 5.82 Å². The number of nitrogens with one attached hydrogen (secondary N) is 1. The molecule has 0 aliphatic rings. The van der Waals surface area contributed by atoms with Gasteiger partial charge in [-0.3, -0.25) is 0 Å². The molecule has 84 valence electrons. The van der Waals surface area contributed by atoms with E-state index < -0.39 is 0 Å². The highest BCUT2D eigenvalue weighted by molar-refractivity contribution is 5.33. The molecule has 0 saturated carbocycles. The SMILES string of the molecule is CCOCCOCc1cccc(NC)n1. The van der Waals surface area contributed by atoms with Gasteiger partial charge in [0.25, 0.3) is 0 Å². The molecule has 1 rings (SSSR count). The van der Waals surface area contributed by atoms with Crippen molar-refractivity contribution in [3.63, 3.8) is 0 Å². The largest absolute Gasteiger partial charge is 0.379 e. The van der Waals surface area contributed by atoms with Gasteiger partial charge < -0.3 is 14.8 Å². The molecule has 0 fully saturated rings. The maximum Gasteiger partial charge on any atom is 0.126 e. The average Bonchev–Trinajstić information content (AvgIpc) is 2.29. The Morgan fingerprint density at radius 3 is 2.80 bits per heavy atom. The lowest BCUT2D eigenvalue weighted by molar-refractivity contribution is 0.0441. The zero-order valence-corrected chi connectivity index (χ0v) is 9.32. The topological polar surface area (TPSA) is 43.4 Å². The molecule has 0 spiro atoms. The molecular formula is C11H18N2O2. The van der Waals surface area contributed by atoms with E-state index in [1.54, 1.807) is 0 Å². The predicted octanol–water partition coefficient (Wildman–Crippen LogP) is 1.68. The van der Waals surface area contributed by atoms with Crippen LogP contribution < -0.4 is 5.32 Å². The summed E-state index contributed by atoms with van der Waals surface area (Å²) in [7, 11) is 1.85. The Kier molecular flexibility index (Phi) is 5.73. The highest BCUT2D eigenvalue weighted by Crippen LogP contribution is 2.04. The summed E-state index contributed by atoms with van der Waals surface area (Å²) in [5.74, 6) is 0.862. The highest BCUT2D eigenvalue weighted by Gasteiger charge is 1.96. The summed E-state index contributed by atoms with van der Waals surface area (Å²) in [6.45, 7) is 4.49. The minimum Gasteiger partial charge on any atom is -0.379 e. The number of hydrogen-bond acceptors (Lipinski definition) is 4. The first-order chi connectivity index (χ1) is 7.36. The lowest BCUT2D eigenvalue weighted by Crippen LogP contribution is -2.05. The number of pyridine rings is 1. The van der Waals surface area contributed by atoms with Gasteiger partial charge in [0.2, 0.25) is 0 Å². The van der Waals surface area contributed by atoms with Crippen molar-refractivity contribution in [1.29, 1.82) is 0 Å². The molecule has 0 aromatic carbocycles. The van der Waals surface area contributed by atoms with Crippen molar-refractivity contribution in [3.8, 4) is 0 Å². The molecule has 0 saturated heterocycles. The van der Waals surface area contributed by atoms with E-state index in [2.05, 4.69) is 10.3 Å². The fourth-order valence-electron chi connectivity index (χ4n) is 1.14. The monoisotopic (exact) mass is 210 g/mol. The van der Waals surface area contributed by atoms with E-state index in [-0.39, 0.29) is 0 Å². The lowest BCUT2D eigenvalue weighted by Gasteiger charge is -2.05. The number of aromatic nitrogens is 1. The van der Waals surface area contributed by atoms with E-state index in [0.717, 1.165) is 18.1 Å². The van der Waals surface area contributed by atoms with Gasteiger partial charge in [0.05, 0.1) is 25.5 Å². The fraction of sp³-hybridized carbons (Fsp3) is 0.545. The van der Waals surface area contributed by atoms with Crippen LogP contribution in [0.25, 0.3) is 0 Å². The number of ether oxygens (including phenoxy) is 2. The predicted molar refractivity (Wildman–Crippen MR) is 59.9 cm³/mol. The van der Waals surface area contributed by atoms with Crippen LogP contribution >= 0.6 is 0 Å². The molecule has 0 aliphatic carbocycles. The maximum atomic E-state index is 5.41. The molecule has 1 aromatic rings. The van der Waals surface area contributed by atoms with Crippen LogP contribution in [0.2, 0.25) is 0 Å². The molecule has 0 radical (unpaired) electrons. The van der Waals surface area contributed by atoms with Crippen LogP contribution in [-0.4, -0.2) is 31.9 Å². The minimum absolute atomic E-state index is 0.530. The second-order valence-electron chi connectivity index (χ2n) is 3.01. The van der Waals surface area contributed by atoms with Gasteiger partial charge in [-0.2, -0.15) is 0 Å². The molecule has 1 heterocycles. The van der Waals surface area contributed by atoms with Crippen LogP contribution in [0.4, 0.5) is 5.82 Å². The third-order valence-corrected chi connectivity index (χ3v) is 1.89. The zero-order valence-electron chi connectivity index (χ0n) is 9.32. The average molecular weight is 210 g/mol. The smallest absolute Gasteiger partial charge is 0.126 e. The Morgan fingerprint density at radius 1 is 1.27 bits per heavy atom. The molecule has 4 heteroatoms. The van der Waals surface area contributed by atoms with E-state index in [1.807, 2.05) is 32.2 Å². The van der Waals surface area contributed by atoms with Crippen molar-refractivity contribution in [2.45, 2.75) is 13.5 Å². The van der Waals surface area contributed by atoms with Crippen molar-refractivity contribution in [2.75, 3.05) is 32.2 Å². The number of nitrogens with zero attached hydrogens (tertiary/aromatic N) is 1. The lowest BCUT2D eigenvalue weighted by atomic mass is 10.3. The second-order valence-corrected chi connectivity index (χ2v) is 3.01. The second kappa shape index (κ2) is 7.20. The van der Waals surface area contributed by atoms with Crippen LogP contribution in [0.15, 0.2) is 18.2 Å². The van der Waals surface area contributed by atoms with E-state index in [0.29, 0.717) is 19.8 Å². The van der Waals surface area contributed by atoms with E-state index in [1.165, 1.54) is 0 Å². The van der Waals surface area contributed by atoms with Crippen molar-refractivity contribution < 1.29 is 9.47 Å². The summed E-state index contributed by atoms with van der Waals surface area (Å²) in [5.41, 5.74) is 0.929. The molecule has 1 aromatic heterocycles. The molecule has 15 heavy (non-hydrogen) atoms. The summed E-state index contributed by atoms with van der Waals surface area (Å²) in [4.78, 5) is 4.33. The first kappa shape index (κ1) is 11.9. The molecule has 4 nitrogen and oxygen atoms in total. The van der Waals surface area contributed by atoms with Crippen LogP contribution in [-0.2, 0) is 16.1 Å². The first-order valence-electron chi connectivity index (χ1n) is 5.16. The third-order valence-electron chi connectivity index (χ3n) is 1.89. The summed E-state index contributed by atoms with van der Waals surface area (Å²) in [5, 5.41) is 2.99. The molecule has 0 atom stereocenters. The maximum absolute atomic E-state index is 5.41. The third kappa shape index (κ3) is 4.76. The number of anilines is 1. The van der Waals surface area contributed by atoms with Crippen LogP contribution in [0.3, 0.4) is 0 Å². The fourth-order valence-corrected chi connectivity index (χ4v) is 1.14. The Balaban J connectivity index is 2.24. The van der Waals surface area contributed by atoms with Gasteiger partial charge in [0.15, 0.2) is 0 Å². The van der Waals surface area contributed by atoms with Gasteiger partial charge in [-0.15, -0.1) is 0 Å². The van der Waals surface area contributed by atoms with Crippen molar-refractivity contribution >= 4 is 5.82 Å². The summed E-state index contributed by atoms with van der Waals surface area (Å²) >= 11 is 0. The molecule has 0 unspecified atom stereocenters.